The Kier molecular flexibility index (Phi) is 5.13. The third-order valence-electron chi connectivity index (χ3n) is 5.10. The summed E-state index contributed by atoms with van der Waals surface area (Å²) in [6, 6.07) is 8.53. The van der Waals surface area contributed by atoms with Gasteiger partial charge in [-0.25, -0.2) is 9.48 Å². The van der Waals surface area contributed by atoms with Gasteiger partial charge in [-0.3, -0.25) is 4.79 Å². The van der Waals surface area contributed by atoms with Crippen LogP contribution >= 0.6 is 0 Å². The Morgan fingerprint density at radius 2 is 2.00 bits per heavy atom. The molecule has 152 valence electrons. The second-order valence-electron chi connectivity index (χ2n) is 7.81. The lowest BCUT2D eigenvalue weighted by molar-refractivity contribution is 0.102. The van der Waals surface area contributed by atoms with Crippen LogP contribution in [-0.4, -0.2) is 21.8 Å². The summed E-state index contributed by atoms with van der Waals surface area (Å²) in [7, 11) is 0. The van der Waals surface area contributed by atoms with Crippen molar-refractivity contribution in [3.63, 3.8) is 0 Å². The van der Waals surface area contributed by atoms with Crippen molar-refractivity contribution >= 4 is 22.7 Å². The van der Waals surface area contributed by atoms with Crippen LogP contribution in [-0.2, 0) is 0 Å². The van der Waals surface area contributed by atoms with Gasteiger partial charge in [-0.05, 0) is 45.7 Å². The maximum atomic E-state index is 13.1. The highest BCUT2D eigenvalue weighted by molar-refractivity contribution is 6.11. The number of carbonyl (C=O) groups excluding carboxylic acids is 1. The Balaban J connectivity index is 1.68. The second-order valence-corrected chi connectivity index (χ2v) is 7.81. The van der Waals surface area contributed by atoms with E-state index in [9.17, 15) is 9.59 Å². The molecule has 29 heavy (non-hydrogen) atoms. The molecule has 0 saturated heterocycles. The fraction of sp³-hybridized carbons (Fsp3) is 0.409. The summed E-state index contributed by atoms with van der Waals surface area (Å²) >= 11 is 0. The highest BCUT2D eigenvalue weighted by Crippen LogP contribution is 2.32. The van der Waals surface area contributed by atoms with E-state index in [1.54, 1.807) is 18.2 Å². The molecule has 7 heteroatoms. The van der Waals surface area contributed by atoms with Crippen LogP contribution in [0, 0.1) is 6.92 Å². The summed E-state index contributed by atoms with van der Waals surface area (Å²) in [6.07, 6.45) is 4.44. The number of ether oxygens (including phenoxy) is 1. The molecule has 3 aromatic rings. The lowest BCUT2D eigenvalue weighted by atomic mass is 10.1. The number of hydrogen-bond acceptors (Lipinski definition) is 5. The van der Waals surface area contributed by atoms with Crippen molar-refractivity contribution in [2.24, 2.45) is 0 Å². The van der Waals surface area contributed by atoms with Crippen molar-refractivity contribution in [3.8, 4) is 5.75 Å². The zero-order valence-electron chi connectivity index (χ0n) is 16.9. The molecular formula is C22H25N3O4. The molecule has 1 amide bonds. The van der Waals surface area contributed by atoms with Crippen LogP contribution in [0.3, 0.4) is 0 Å². The third kappa shape index (κ3) is 4.04. The Labute approximate surface area is 168 Å². The smallest absolute Gasteiger partial charge is 0.337 e. The lowest BCUT2D eigenvalue weighted by Gasteiger charge is -2.15. The summed E-state index contributed by atoms with van der Waals surface area (Å²) in [5, 5.41) is 8.06. The van der Waals surface area contributed by atoms with Crippen LogP contribution < -0.4 is 15.7 Å². The number of amides is 1. The third-order valence-corrected chi connectivity index (χ3v) is 5.10. The average molecular weight is 395 g/mol. The Hall–Kier alpha value is -3.09. The number of anilines is 1. The van der Waals surface area contributed by atoms with Gasteiger partial charge in [0.05, 0.1) is 23.4 Å². The number of hydrogen-bond donors (Lipinski definition) is 1. The summed E-state index contributed by atoms with van der Waals surface area (Å²) in [5.74, 6) is 0.878. The molecule has 1 N–H and O–H groups in total. The van der Waals surface area contributed by atoms with Gasteiger partial charge in [0.2, 0.25) is 0 Å². The molecule has 2 aromatic heterocycles. The summed E-state index contributed by atoms with van der Waals surface area (Å²) < 4.78 is 12.9. The van der Waals surface area contributed by atoms with Gasteiger partial charge in [-0.15, -0.1) is 0 Å². The standard InChI is InChI=1S/C22H25N3O4/c1-13(2)28-16-8-9-17-18(12-21(26)29-19(17)11-16)22(27)23-20-10-14(3)24-25(20)15-6-4-5-7-15/h8-13,15H,4-7H2,1-3H3,(H,23,27). The molecular weight excluding hydrogens is 370 g/mol. The molecule has 1 fully saturated rings. The molecule has 1 aromatic carbocycles. The first-order chi connectivity index (χ1) is 13.9. The predicted molar refractivity (Wildman–Crippen MR) is 111 cm³/mol. The van der Waals surface area contributed by atoms with Crippen LogP contribution in [0.15, 0.2) is 39.5 Å². The summed E-state index contributed by atoms with van der Waals surface area (Å²) in [4.78, 5) is 25.1. The van der Waals surface area contributed by atoms with Crippen LogP contribution in [0.5, 0.6) is 5.75 Å². The first kappa shape index (κ1) is 19.2. The summed E-state index contributed by atoms with van der Waals surface area (Å²) in [6.45, 7) is 5.74. The monoisotopic (exact) mass is 395 g/mol. The van der Waals surface area contributed by atoms with E-state index in [2.05, 4.69) is 10.4 Å². The predicted octanol–water partition coefficient (Wildman–Crippen LogP) is 4.45. The Morgan fingerprint density at radius 1 is 1.24 bits per heavy atom. The number of nitrogens with one attached hydrogen (secondary N) is 1. The molecule has 0 atom stereocenters. The fourth-order valence-corrected chi connectivity index (χ4v) is 3.90. The van der Waals surface area contributed by atoms with E-state index in [0.717, 1.165) is 18.5 Å². The van der Waals surface area contributed by atoms with Crippen molar-refractivity contribution in [1.82, 2.24) is 9.78 Å². The van der Waals surface area contributed by atoms with Gasteiger partial charge in [0.1, 0.15) is 17.2 Å². The van der Waals surface area contributed by atoms with E-state index in [0.29, 0.717) is 28.6 Å². The van der Waals surface area contributed by atoms with Gasteiger partial charge >= 0.3 is 5.63 Å². The molecule has 2 heterocycles. The number of fused-ring (bicyclic) bond motifs is 1. The van der Waals surface area contributed by atoms with Gasteiger partial charge < -0.3 is 14.5 Å². The van der Waals surface area contributed by atoms with Gasteiger partial charge in [-0.1, -0.05) is 12.8 Å². The van der Waals surface area contributed by atoms with Gasteiger partial charge in [-0.2, -0.15) is 5.10 Å². The van der Waals surface area contributed by atoms with Crippen molar-refractivity contribution < 1.29 is 13.9 Å². The van der Waals surface area contributed by atoms with Crippen molar-refractivity contribution in [2.45, 2.75) is 58.6 Å². The minimum Gasteiger partial charge on any atom is -0.491 e. The number of carbonyl (C=O) groups is 1. The van der Waals surface area contributed by atoms with E-state index >= 15 is 0 Å². The molecule has 1 aliphatic carbocycles. The van der Waals surface area contributed by atoms with E-state index in [4.69, 9.17) is 9.15 Å². The number of nitrogens with zero attached hydrogens (tertiary/aromatic N) is 2. The van der Waals surface area contributed by atoms with Crippen LogP contribution in [0.1, 0.15) is 61.6 Å². The lowest BCUT2D eigenvalue weighted by Crippen LogP contribution is -2.19. The molecule has 0 unspecified atom stereocenters. The number of aromatic nitrogens is 2. The second kappa shape index (κ2) is 7.73. The molecule has 4 rings (SSSR count). The van der Waals surface area contributed by atoms with Gasteiger partial charge in [0.15, 0.2) is 0 Å². The zero-order valence-corrected chi connectivity index (χ0v) is 16.9. The van der Waals surface area contributed by atoms with Crippen molar-refractivity contribution in [2.75, 3.05) is 5.32 Å². The highest BCUT2D eigenvalue weighted by Gasteiger charge is 2.22. The Morgan fingerprint density at radius 3 is 2.72 bits per heavy atom. The normalized spacial score (nSPS) is 14.6. The maximum absolute atomic E-state index is 13.1. The molecule has 1 saturated carbocycles. The number of benzene rings is 1. The van der Waals surface area contributed by atoms with E-state index < -0.39 is 5.63 Å². The van der Waals surface area contributed by atoms with Crippen molar-refractivity contribution in [1.29, 1.82) is 0 Å². The van der Waals surface area contributed by atoms with Gasteiger partial charge in [0.25, 0.3) is 5.91 Å². The molecule has 0 radical (unpaired) electrons. The quantitative estimate of drug-likeness (QED) is 0.645. The minimum atomic E-state index is -0.579. The first-order valence-electron chi connectivity index (χ1n) is 10.0. The number of aryl methyl sites for hydroxylation is 1. The molecule has 0 bridgehead atoms. The summed E-state index contributed by atoms with van der Waals surface area (Å²) in [5.41, 5.74) is 0.857. The molecule has 1 aliphatic rings. The van der Waals surface area contributed by atoms with E-state index in [1.165, 1.54) is 18.9 Å². The molecule has 7 nitrogen and oxygen atoms in total. The number of rotatable bonds is 5. The van der Waals surface area contributed by atoms with Crippen LogP contribution in [0.25, 0.3) is 11.0 Å². The Bertz CT molecular complexity index is 1110. The van der Waals surface area contributed by atoms with E-state index in [1.807, 2.05) is 31.5 Å². The molecule has 0 spiro atoms. The van der Waals surface area contributed by atoms with Crippen molar-refractivity contribution in [3.05, 3.63) is 52.0 Å². The topological polar surface area (TPSA) is 86.4 Å². The fourth-order valence-electron chi connectivity index (χ4n) is 3.90. The first-order valence-corrected chi connectivity index (χ1v) is 10.0. The van der Waals surface area contributed by atoms with Crippen LogP contribution in [0.2, 0.25) is 0 Å². The zero-order chi connectivity index (χ0) is 20.5. The SMILES string of the molecule is Cc1cc(NC(=O)c2cc(=O)oc3cc(OC(C)C)ccc23)n(C2CCCC2)n1. The van der Waals surface area contributed by atoms with Gasteiger partial charge in [0, 0.05) is 23.6 Å². The molecule has 0 aliphatic heterocycles. The van der Waals surface area contributed by atoms with Crippen LogP contribution in [0.4, 0.5) is 5.82 Å². The minimum absolute atomic E-state index is 0.00948. The van der Waals surface area contributed by atoms with E-state index in [-0.39, 0.29) is 17.6 Å². The average Bonchev–Trinajstić information content (AvgIpc) is 3.29. The largest absolute Gasteiger partial charge is 0.491 e. The maximum Gasteiger partial charge on any atom is 0.337 e. The highest BCUT2D eigenvalue weighted by atomic mass is 16.5.